The maximum absolute atomic E-state index is 13.8. The third-order valence-corrected chi connectivity index (χ3v) is 6.72. The molecule has 1 N–H and O–H groups in total. The first-order valence-corrected chi connectivity index (χ1v) is 13.5. The van der Waals surface area contributed by atoms with Crippen LogP contribution in [-0.2, 0) is 24.9 Å². The minimum atomic E-state index is -0.608. The van der Waals surface area contributed by atoms with Gasteiger partial charge in [0.25, 0.3) is 5.56 Å². The maximum atomic E-state index is 13.8. The van der Waals surface area contributed by atoms with E-state index < -0.39 is 22.9 Å². The molecule has 3 aromatic rings. The number of rotatable bonds is 7. The van der Waals surface area contributed by atoms with Crippen molar-refractivity contribution in [3.05, 3.63) is 68.4 Å². The average Bonchev–Trinajstić information content (AvgIpc) is 3.28. The van der Waals surface area contributed by atoms with Gasteiger partial charge in [0.05, 0.1) is 6.54 Å². The zero-order valence-corrected chi connectivity index (χ0v) is 24.1. The van der Waals surface area contributed by atoms with E-state index in [-0.39, 0.29) is 29.5 Å². The Morgan fingerprint density at radius 1 is 1.12 bits per heavy atom. The number of hydrogen-bond donors (Lipinski definition) is 1. The Labute approximate surface area is 233 Å². The van der Waals surface area contributed by atoms with Crippen molar-refractivity contribution in [3.8, 4) is 0 Å². The van der Waals surface area contributed by atoms with Gasteiger partial charge in [-0.2, -0.15) is 4.98 Å². The number of allylic oxidation sites excluding steroid dienone is 2. The van der Waals surface area contributed by atoms with Crippen LogP contribution in [0.1, 0.15) is 57.8 Å². The number of alkyl carbamates (subject to hydrolysis) is 1. The van der Waals surface area contributed by atoms with E-state index in [4.69, 9.17) is 9.72 Å². The number of benzene rings is 1. The summed E-state index contributed by atoms with van der Waals surface area (Å²) in [7, 11) is 1.55. The molecule has 1 saturated heterocycles. The number of nitrogens with one attached hydrogen (secondary N) is 1. The van der Waals surface area contributed by atoms with Crippen molar-refractivity contribution in [1.29, 1.82) is 0 Å². The molecule has 40 heavy (non-hydrogen) atoms. The molecule has 0 unspecified atom stereocenters. The lowest BCUT2D eigenvalue weighted by atomic mass is 10.1. The van der Waals surface area contributed by atoms with Gasteiger partial charge in [-0.25, -0.2) is 9.59 Å². The molecule has 1 amide bonds. The number of fused-ring (bicyclic) bond motifs is 1. The van der Waals surface area contributed by atoms with Crippen LogP contribution in [0.15, 0.2) is 51.6 Å². The van der Waals surface area contributed by atoms with Gasteiger partial charge in [-0.15, -0.1) is 0 Å². The largest absolute Gasteiger partial charge is 0.444 e. The lowest BCUT2D eigenvalue weighted by Gasteiger charge is -2.34. The van der Waals surface area contributed by atoms with Crippen molar-refractivity contribution in [2.24, 2.45) is 7.05 Å². The van der Waals surface area contributed by atoms with Gasteiger partial charge in [-0.05, 0) is 47.5 Å². The third-order valence-electron chi connectivity index (χ3n) is 6.72. The fraction of sp³-hybridized carbons (Fsp3) is 0.483. The van der Waals surface area contributed by atoms with Crippen LogP contribution in [0.4, 0.5) is 10.7 Å². The minimum Gasteiger partial charge on any atom is -0.444 e. The number of ether oxygens (including phenoxy) is 1. The summed E-state index contributed by atoms with van der Waals surface area (Å²) in [6.45, 7) is 10.5. The van der Waals surface area contributed by atoms with Crippen molar-refractivity contribution in [2.45, 2.75) is 72.2 Å². The number of Topliss-reactive ketones (excluding diaryl/α,β-unsaturated/α-hetero) is 1. The second kappa shape index (κ2) is 11.5. The summed E-state index contributed by atoms with van der Waals surface area (Å²) in [6, 6.07) is 8.41. The molecule has 0 radical (unpaired) electrons. The van der Waals surface area contributed by atoms with Gasteiger partial charge >= 0.3 is 11.8 Å². The summed E-state index contributed by atoms with van der Waals surface area (Å²) in [5.74, 6) is 0.198. The molecule has 2 aromatic heterocycles. The highest BCUT2D eigenvalue weighted by Gasteiger charge is 2.29. The molecule has 11 heteroatoms. The van der Waals surface area contributed by atoms with Crippen molar-refractivity contribution in [1.82, 2.24) is 24.0 Å². The van der Waals surface area contributed by atoms with E-state index in [1.165, 1.54) is 4.57 Å². The second-order valence-corrected chi connectivity index (χ2v) is 11.4. The predicted octanol–water partition coefficient (Wildman–Crippen LogP) is 3.24. The fourth-order valence-corrected chi connectivity index (χ4v) is 4.80. The summed E-state index contributed by atoms with van der Waals surface area (Å²) >= 11 is 0. The molecule has 1 aromatic carbocycles. The zero-order chi connectivity index (χ0) is 29.2. The quantitative estimate of drug-likeness (QED) is 0.354. The van der Waals surface area contributed by atoms with Crippen LogP contribution in [0.5, 0.6) is 0 Å². The number of piperidine rings is 1. The van der Waals surface area contributed by atoms with Crippen LogP contribution in [0.2, 0.25) is 0 Å². The highest BCUT2D eigenvalue weighted by molar-refractivity contribution is 5.96. The molecule has 214 valence electrons. The molecule has 3 heterocycles. The highest BCUT2D eigenvalue weighted by Crippen LogP contribution is 2.24. The number of anilines is 1. The molecule has 1 fully saturated rings. The van der Waals surface area contributed by atoms with Crippen LogP contribution in [0, 0.1) is 0 Å². The molecular formula is C29H38N6O5. The third kappa shape index (κ3) is 6.35. The summed E-state index contributed by atoms with van der Waals surface area (Å²) < 4.78 is 9.52. The Balaban J connectivity index is 1.75. The SMILES string of the molecule is CC(C)=CCn1c(N2CCC[C@@H](NC(=O)OC(C)(C)C)C2)nc2c1c(=O)n(CC(=O)c1ccccc1)c(=O)n2C. The first kappa shape index (κ1) is 28.8. The molecule has 1 aliphatic rings. The number of carbonyl (C=O) groups is 2. The average molecular weight is 551 g/mol. The van der Waals surface area contributed by atoms with E-state index >= 15 is 0 Å². The number of ketones is 1. The molecule has 0 bridgehead atoms. The molecule has 1 aliphatic heterocycles. The van der Waals surface area contributed by atoms with Crippen LogP contribution in [0.3, 0.4) is 0 Å². The van der Waals surface area contributed by atoms with E-state index in [1.54, 1.807) is 41.9 Å². The number of aryl methyl sites for hydroxylation is 1. The summed E-state index contributed by atoms with van der Waals surface area (Å²) in [4.78, 5) is 59.2. The van der Waals surface area contributed by atoms with Crippen molar-refractivity contribution in [3.63, 3.8) is 0 Å². The summed E-state index contributed by atoms with van der Waals surface area (Å²) in [6.07, 6.45) is 3.07. The van der Waals surface area contributed by atoms with Crippen LogP contribution >= 0.6 is 0 Å². The fourth-order valence-electron chi connectivity index (χ4n) is 4.80. The highest BCUT2D eigenvalue weighted by atomic mass is 16.6. The molecular weight excluding hydrogens is 512 g/mol. The number of hydrogen-bond acceptors (Lipinski definition) is 7. The second-order valence-electron chi connectivity index (χ2n) is 11.4. The lowest BCUT2D eigenvalue weighted by Crippen LogP contribution is -2.49. The van der Waals surface area contributed by atoms with E-state index in [2.05, 4.69) is 5.32 Å². The Morgan fingerprint density at radius 2 is 1.82 bits per heavy atom. The lowest BCUT2D eigenvalue weighted by molar-refractivity contribution is 0.0499. The number of imidazole rings is 1. The Kier molecular flexibility index (Phi) is 8.32. The van der Waals surface area contributed by atoms with Crippen LogP contribution in [0.25, 0.3) is 11.2 Å². The van der Waals surface area contributed by atoms with E-state index in [0.717, 1.165) is 23.0 Å². The van der Waals surface area contributed by atoms with Gasteiger partial charge in [0.1, 0.15) is 5.60 Å². The van der Waals surface area contributed by atoms with Crippen LogP contribution < -0.4 is 21.5 Å². The van der Waals surface area contributed by atoms with E-state index in [1.807, 2.05) is 45.6 Å². The first-order chi connectivity index (χ1) is 18.9. The normalized spacial score (nSPS) is 15.7. The zero-order valence-electron chi connectivity index (χ0n) is 24.1. The predicted molar refractivity (Wildman–Crippen MR) is 154 cm³/mol. The standard InChI is InChI=1S/C29H38N6O5/c1-19(2)14-16-34-23-24(31-26(34)33-15-10-13-21(17-33)30-27(38)40-29(3,4)5)32(6)28(39)35(25(23)37)18-22(36)20-11-8-7-9-12-20/h7-9,11-12,14,21H,10,13,15-18H2,1-6H3,(H,30,38)/t21-/m1/s1. The monoisotopic (exact) mass is 550 g/mol. The van der Waals surface area contributed by atoms with Gasteiger partial charge in [0.15, 0.2) is 16.9 Å². The van der Waals surface area contributed by atoms with Gasteiger partial charge in [0.2, 0.25) is 5.95 Å². The molecule has 0 saturated carbocycles. The van der Waals surface area contributed by atoms with Gasteiger partial charge in [-0.1, -0.05) is 42.0 Å². The summed E-state index contributed by atoms with van der Waals surface area (Å²) in [5.41, 5.74) is 0.193. The van der Waals surface area contributed by atoms with Crippen molar-refractivity contribution < 1.29 is 14.3 Å². The van der Waals surface area contributed by atoms with Gasteiger partial charge in [0, 0.05) is 38.3 Å². The smallest absolute Gasteiger partial charge is 0.407 e. The maximum Gasteiger partial charge on any atom is 0.407 e. The van der Waals surface area contributed by atoms with Gasteiger partial charge in [-0.3, -0.25) is 18.7 Å². The number of carbonyl (C=O) groups excluding carboxylic acids is 2. The molecule has 1 atom stereocenters. The number of amides is 1. The first-order valence-electron chi connectivity index (χ1n) is 13.5. The molecule has 4 rings (SSSR count). The van der Waals surface area contributed by atoms with Gasteiger partial charge < -0.3 is 19.5 Å². The van der Waals surface area contributed by atoms with Crippen LogP contribution in [-0.4, -0.2) is 55.3 Å². The van der Waals surface area contributed by atoms with Crippen molar-refractivity contribution in [2.75, 3.05) is 18.0 Å². The van der Waals surface area contributed by atoms with E-state index in [0.29, 0.717) is 31.1 Å². The Hall–Kier alpha value is -4.15. The summed E-state index contributed by atoms with van der Waals surface area (Å²) in [5, 5.41) is 2.95. The molecule has 0 aliphatic carbocycles. The minimum absolute atomic E-state index is 0.177. The van der Waals surface area contributed by atoms with Crippen molar-refractivity contribution >= 4 is 29.0 Å². The Morgan fingerprint density at radius 3 is 2.48 bits per heavy atom. The topological polar surface area (TPSA) is 120 Å². The number of aromatic nitrogens is 4. The molecule has 11 nitrogen and oxygen atoms in total. The van der Waals surface area contributed by atoms with E-state index in [9.17, 15) is 19.2 Å². The Bertz CT molecular complexity index is 1550. The number of nitrogens with zero attached hydrogens (tertiary/aromatic N) is 5. The molecule has 0 spiro atoms.